The number of carbonyl (C=O) groups excluding carboxylic acids is 3. The van der Waals surface area contributed by atoms with Crippen LogP contribution in [-0.2, 0) is 31.9 Å². The van der Waals surface area contributed by atoms with Crippen LogP contribution in [0.1, 0.15) is 65.5 Å². The quantitative estimate of drug-likeness (QED) is 0.322. The maximum absolute atomic E-state index is 13.8. The minimum absolute atomic E-state index is 0.300. The van der Waals surface area contributed by atoms with Crippen LogP contribution in [0.25, 0.3) is 0 Å². The molecular formula is C30H38F2N2O6. The van der Waals surface area contributed by atoms with Gasteiger partial charge >= 0.3 is 12.1 Å². The number of nitrogens with one attached hydrogen (secondary N) is 1. The molecule has 3 rings (SSSR count). The molecule has 0 fully saturated rings. The van der Waals surface area contributed by atoms with Gasteiger partial charge in [-0.15, -0.1) is 0 Å². The van der Waals surface area contributed by atoms with Gasteiger partial charge in [-0.25, -0.2) is 18.4 Å². The number of halogens is 2. The number of aryl methyl sites for hydroxylation is 1. The highest BCUT2D eigenvalue weighted by Crippen LogP contribution is 2.32. The van der Waals surface area contributed by atoms with Crippen molar-refractivity contribution < 1.29 is 37.4 Å². The maximum Gasteiger partial charge on any atom is 0.408 e. The highest BCUT2D eigenvalue weighted by Gasteiger charge is 2.34. The van der Waals surface area contributed by atoms with E-state index in [2.05, 4.69) is 5.32 Å². The van der Waals surface area contributed by atoms with Crippen LogP contribution in [-0.4, -0.2) is 48.4 Å². The van der Waals surface area contributed by atoms with Crippen molar-refractivity contribution in [3.63, 3.8) is 0 Å². The third kappa shape index (κ3) is 9.20. The standard InChI is InChI=1S/C30H38F2N2O6/c1-29(2,3)39-27(36)24(33-28(37)40-30(4,5)6)18-26(35)34-14-13-20-16-22(11-12-25(20)34)38-15-7-8-19-9-10-21(31)17-23(19)32/h9-12,16-17,24H,7-8,13-15,18H2,1-6H3,(H,33,37)/t24-/m1/s1. The molecule has 1 N–H and O–H groups in total. The Kier molecular flexibility index (Phi) is 9.76. The molecule has 0 bridgehead atoms. The topological polar surface area (TPSA) is 94.2 Å². The molecule has 218 valence electrons. The van der Waals surface area contributed by atoms with Gasteiger partial charge in [-0.3, -0.25) is 4.79 Å². The van der Waals surface area contributed by atoms with Crippen LogP contribution < -0.4 is 15.0 Å². The summed E-state index contributed by atoms with van der Waals surface area (Å²) >= 11 is 0. The van der Waals surface area contributed by atoms with Gasteiger partial charge in [-0.1, -0.05) is 6.07 Å². The molecule has 0 spiro atoms. The van der Waals surface area contributed by atoms with Crippen LogP contribution in [0.2, 0.25) is 0 Å². The lowest BCUT2D eigenvalue weighted by Gasteiger charge is -2.27. The predicted octanol–water partition coefficient (Wildman–Crippen LogP) is 5.49. The van der Waals surface area contributed by atoms with E-state index in [0.717, 1.165) is 11.6 Å². The van der Waals surface area contributed by atoms with Crippen LogP contribution in [0.4, 0.5) is 19.3 Å². The highest BCUT2D eigenvalue weighted by molar-refractivity contribution is 5.98. The summed E-state index contributed by atoms with van der Waals surface area (Å²) in [4.78, 5) is 40.1. The highest BCUT2D eigenvalue weighted by atomic mass is 19.1. The molecule has 0 saturated carbocycles. The van der Waals surface area contributed by atoms with Crippen molar-refractivity contribution in [2.75, 3.05) is 18.1 Å². The van der Waals surface area contributed by atoms with Gasteiger partial charge < -0.3 is 24.4 Å². The van der Waals surface area contributed by atoms with E-state index in [1.54, 1.807) is 58.6 Å². The van der Waals surface area contributed by atoms with Crippen LogP contribution in [0.5, 0.6) is 5.75 Å². The van der Waals surface area contributed by atoms with E-state index >= 15 is 0 Å². The SMILES string of the molecule is CC(C)(C)OC(=O)N[C@H](CC(=O)N1CCc2cc(OCCCc3ccc(F)cc3F)ccc21)C(=O)OC(C)(C)C. The molecule has 2 aromatic carbocycles. The molecule has 1 atom stereocenters. The number of amides is 2. The summed E-state index contributed by atoms with van der Waals surface area (Å²) in [6, 6.07) is 7.68. The number of anilines is 1. The number of ether oxygens (including phenoxy) is 3. The van der Waals surface area contributed by atoms with Crippen LogP contribution in [0.3, 0.4) is 0 Å². The molecule has 2 aromatic rings. The number of rotatable bonds is 9. The lowest BCUT2D eigenvalue weighted by Crippen LogP contribution is -2.48. The first-order valence-corrected chi connectivity index (χ1v) is 13.3. The predicted molar refractivity (Wildman–Crippen MR) is 146 cm³/mol. The fourth-order valence-electron chi connectivity index (χ4n) is 4.20. The second-order valence-electron chi connectivity index (χ2n) is 11.7. The Morgan fingerprint density at radius 1 is 0.975 bits per heavy atom. The van der Waals surface area contributed by atoms with Crippen LogP contribution in [0, 0.1) is 11.6 Å². The van der Waals surface area contributed by atoms with Gasteiger partial charge in [-0.2, -0.15) is 0 Å². The first-order valence-electron chi connectivity index (χ1n) is 13.3. The van der Waals surface area contributed by atoms with Gasteiger partial charge in [0.25, 0.3) is 0 Å². The average molecular weight is 561 g/mol. The Morgan fingerprint density at radius 2 is 1.68 bits per heavy atom. The molecule has 40 heavy (non-hydrogen) atoms. The zero-order chi connectivity index (χ0) is 29.7. The van der Waals surface area contributed by atoms with Gasteiger partial charge in [0.05, 0.1) is 13.0 Å². The molecule has 2 amide bonds. The Hall–Kier alpha value is -3.69. The van der Waals surface area contributed by atoms with Crippen molar-refractivity contribution in [2.45, 2.75) is 84.5 Å². The summed E-state index contributed by atoms with van der Waals surface area (Å²) in [6.07, 6.45) is 0.430. The Bertz CT molecular complexity index is 1240. The number of hydrogen-bond donors (Lipinski definition) is 1. The first kappa shape index (κ1) is 30.8. The third-order valence-electron chi connectivity index (χ3n) is 5.88. The molecule has 1 aliphatic rings. The van der Waals surface area contributed by atoms with E-state index in [4.69, 9.17) is 14.2 Å². The summed E-state index contributed by atoms with van der Waals surface area (Å²) < 4.78 is 43.4. The minimum Gasteiger partial charge on any atom is -0.494 e. The summed E-state index contributed by atoms with van der Waals surface area (Å²) in [5.74, 6) is -1.64. The monoisotopic (exact) mass is 560 g/mol. The normalized spacial score (nSPS) is 13.8. The lowest BCUT2D eigenvalue weighted by atomic mass is 10.1. The summed E-state index contributed by atoms with van der Waals surface area (Å²) in [5.41, 5.74) is 0.448. The number of hydrogen-bond acceptors (Lipinski definition) is 6. The molecule has 0 aromatic heterocycles. The van der Waals surface area contributed by atoms with Crippen molar-refractivity contribution in [3.05, 3.63) is 59.2 Å². The number of nitrogens with zero attached hydrogens (tertiary/aromatic N) is 1. The fourth-order valence-corrected chi connectivity index (χ4v) is 4.20. The molecule has 1 heterocycles. The van der Waals surface area contributed by atoms with Crippen LogP contribution >= 0.6 is 0 Å². The molecule has 8 nitrogen and oxygen atoms in total. The molecule has 0 radical (unpaired) electrons. The average Bonchev–Trinajstić information content (AvgIpc) is 3.23. The van der Waals surface area contributed by atoms with Crippen molar-refractivity contribution >= 4 is 23.7 Å². The number of alkyl carbamates (subject to hydrolysis) is 1. The van der Waals surface area contributed by atoms with E-state index in [1.807, 2.05) is 6.07 Å². The second-order valence-corrected chi connectivity index (χ2v) is 11.7. The van der Waals surface area contributed by atoms with Crippen molar-refractivity contribution in [3.8, 4) is 5.75 Å². The van der Waals surface area contributed by atoms with Gasteiger partial charge in [0.1, 0.15) is 34.6 Å². The van der Waals surface area contributed by atoms with Crippen molar-refractivity contribution in [1.29, 1.82) is 0 Å². The minimum atomic E-state index is -1.22. The summed E-state index contributed by atoms with van der Waals surface area (Å²) in [6.45, 7) is 11.0. The zero-order valence-corrected chi connectivity index (χ0v) is 23.9. The van der Waals surface area contributed by atoms with Gasteiger partial charge in [0.15, 0.2) is 0 Å². The number of carbonyl (C=O) groups is 3. The number of fused-ring (bicyclic) bond motifs is 1. The smallest absolute Gasteiger partial charge is 0.408 e. The lowest BCUT2D eigenvalue weighted by molar-refractivity contribution is -0.158. The Morgan fingerprint density at radius 3 is 2.33 bits per heavy atom. The van der Waals surface area contributed by atoms with E-state index in [-0.39, 0.29) is 12.3 Å². The molecule has 0 aliphatic carbocycles. The van der Waals surface area contributed by atoms with Crippen molar-refractivity contribution in [2.24, 2.45) is 0 Å². The summed E-state index contributed by atoms with van der Waals surface area (Å²) in [7, 11) is 0. The summed E-state index contributed by atoms with van der Waals surface area (Å²) in [5, 5.41) is 2.48. The Balaban J connectivity index is 1.61. The molecule has 0 unspecified atom stereocenters. The second kappa shape index (κ2) is 12.7. The molecule has 1 aliphatic heterocycles. The number of esters is 1. The Labute approximate surface area is 234 Å². The van der Waals surface area contributed by atoms with Crippen molar-refractivity contribution in [1.82, 2.24) is 5.32 Å². The zero-order valence-electron chi connectivity index (χ0n) is 23.9. The maximum atomic E-state index is 13.8. The third-order valence-corrected chi connectivity index (χ3v) is 5.88. The van der Waals surface area contributed by atoms with E-state index < -0.39 is 40.9 Å². The van der Waals surface area contributed by atoms with Gasteiger partial charge in [0, 0.05) is 18.3 Å². The van der Waals surface area contributed by atoms with Gasteiger partial charge in [-0.05, 0) is 96.2 Å². The van der Waals surface area contributed by atoms with E-state index in [0.29, 0.717) is 49.4 Å². The molecule has 10 heteroatoms. The fraction of sp³-hybridized carbons (Fsp3) is 0.500. The van der Waals surface area contributed by atoms with Crippen LogP contribution in [0.15, 0.2) is 36.4 Å². The van der Waals surface area contributed by atoms with Gasteiger partial charge in [0.2, 0.25) is 5.91 Å². The molecular weight excluding hydrogens is 522 g/mol. The van der Waals surface area contributed by atoms with E-state index in [1.165, 1.54) is 12.1 Å². The largest absolute Gasteiger partial charge is 0.494 e. The van der Waals surface area contributed by atoms with E-state index in [9.17, 15) is 23.2 Å². The first-order chi connectivity index (χ1) is 18.6. The number of benzene rings is 2. The molecule has 0 saturated heterocycles.